The lowest BCUT2D eigenvalue weighted by Gasteiger charge is -2.15. The third-order valence-electron chi connectivity index (χ3n) is 2.27. The first-order valence-corrected chi connectivity index (χ1v) is 6.57. The smallest absolute Gasteiger partial charge is 0.346 e. The van der Waals surface area contributed by atoms with Gasteiger partial charge in [0.05, 0.1) is 17.7 Å². The molecule has 1 aromatic carbocycles. The van der Waals surface area contributed by atoms with Crippen LogP contribution in [0.5, 0.6) is 11.5 Å². The summed E-state index contributed by atoms with van der Waals surface area (Å²) in [5, 5.41) is 17.6. The molecule has 0 fully saturated rings. The van der Waals surface area contributed by atoms with Gasteiger partial charge in [0.25, 0.3) is 0 Å². The quantitative estimate of drug-likeness (QED) is 0.658. The van der Waals surface area contributed by atoms with Crippen molar-refractivity contribution in [1.29, 1.82) is 5.26 Å². The first-order chi connectivity index (χ1) is 9.38. The molecule has 0 aliphatic carbocycles. The zero-order valence-corrected chi connectivity index (χ0v) is 12.9. The monoisotopic (exact) mass is 339 g/mol. The molecular formula is C14H14BrNO4. The lowest BCUT2D eigenvalue weighted by atomic mass is 10.1. The van der Waals surface area contributed by atoms with Crippen LogP contribution in [0, 0.1) is 11.3 Å². The second-order valence-corrected chi connectivity index (χ2v) is 5.03. The minimum Gasteiger partial charge on any atom is -0.493 e. The molecule has 0 atom stereocenters. The summed E-state index contributed by atoms with van der Waals surface area (Å²) in [5.74, 6) is -0.277. The van der Waals surface area contributed by atoms with Crippen LogP contribution >= 0.6 is 15.9 Å². The fraction of sp³-hybridized carbons (Fsp3) is 0.286. The van der Waals surface area contributed by atoms with Crippen LogP contribution in [-0.4, -0.2) is 24.3 Å². The molecule has 0 saturated heterocycles. The van der Waals surface area contributed by atoms with Crippen molar-refractivity contribution in [3.05, 3.63) is 27.7 Å². The Kier molecular flexibility index (Phi) is 5.59. The number of carboxylic acids is 1. The number of rotatable bonds is 5. The number of aliphatic carboxylic acids is 1. The number of benzene rings is 1. The summed E-state index contributed by atoms with van der Waals surface area (Å²) < 4.78 is 11.5. The fourth-order valence-corrected chi connectivity index (χ4v) is 2.03. The molecule has 1 rings (SSSR count). The Bertz CT molecular complexity index is 588. The molecule has 5 nitrogen and oxygen atoms in total. The molecule has 1 aromatic rings. The summed E-state index contributed by atoms with van der Waals surface area (Å²) in [6, 6.07) is 4.91. The summed E-state index contributed by atoms with van der Waals surface area (Å²) in [5.41, 5.74) is 0.181. The van der Waals surface area contributed by atoms with Crippen LogP contribution in [-0.2, 0) is 4.79 Å². The summed E-state index contributed by atoms with van der Waals surface area (Å²) in [6.45, 7) is 3.77. The van der Waals surface area contributed by atoms with E-state index in [4.69, 9.17) is 19.8 Å². The van der Waals surface area contributed by atoms with Crippen molar-refractivity contribution in [2.24, 2.45) is 0 Å². The lowest BCUT2D eigenvalue weighted by molar-refractivity contribution is -0.132. The van der Waals surface area contributed by atoms with Crippen molar-refractivity contribution < 1.29 is 19.4 Å². The van der Waals surface area contributed by atoms with Crippen molar-refractivity contribution >= 4 is 28.0 Å². The number of hydrogen-bond acceptors (Lipinski definition) is 4. The highest BCUT2D eigenvalue weighted by molar-refractivity contribution is 9.10. The first-order valence-electron chi connectivity index (χ1n) is 5.78. The van der Waals surface area contributed by atoms with E-state index >= 15 is 0 Å². The van der Waals surface area contributed by atoms with Crippen LogP contribution in [0.2, 0.25) is 0 Å². The first kappa shape index (κ1) is 16.1. The number of carboxylic acid groups (broad SMARTS) is 1. The molecule has 0 spiro atoms. The van der Waals surface area contributed by atoms with Crippen LogP contribution in [0.1, 0.15) is 19.4 Å². The van der Waals surface area contributed by atoms with E-state index in [9.17, 15) is 4.79 Å². The molecule has 0 aromatic heterocycles. The molecule has 20 heavy (non-hydrogen) atoms. The third-order valence-corrected chi connectivity index (χ3v) is 2.86. The maximum atomic E-state index is 10.8. The zero-order chi connectivity index (χ0) is 15.3. The van der Waals surface area contributed by atoms with Crippen molar-refractivity contribution in [1.82, 2.24) is 0 Å². The molecule has 0 aliphatic heterocycles. The van der Waals surface area contributed by atoms with Gasteiger partial charge in [0.1, 0.15) is 11.6 Å². The summed E-state index contributed by atoms with van der Waals surface area (Å²) in [4.78, 5) is 10.8. The maximum absolute atomic E-state index is 10.8. The van der Waals surface area contributed by atoms with Gasteiger partial charge in [-0.3, -0.25) is 0 Å². The van der Waals surface area contributed by atoms with Crippen molar-refractivity contribution in [2.75, 3.05) is 7.11 Å². The van der Waals surface area contributed by atoms with E-state index in [0.717, 1.165) is 0 Å². The molecule has 106 valence electrons. The van der Waals surface area contributed by atoms with Crippen LogP contribution in [0.4, 0.5) is 0 Å². The number of ether oxygens (including phenoxy) is 2. The molecule has 0 heterocycles. The highest BCUT2D eigenvalue weighted by Crippen LogP contribution is 2.37. The lowest BCUT2D eigenvalue weighted by Crippen LogP contribution is -2.07. The Morgan fingerprint density at radius 2 is 2.15 bits per heavy atom. The van der Waals surface area contributed by atoms with Gasteiger partial charge in [-0.1, -0.05) is 0 Å². The largest absolute Gasteiger partial charge is 0.493 e. The van der Waals surface area contributed by atoms with Gasteiger partial charge in [-0.25, -0.2) is 4.79 Å². The van der Waals surface area contributed by atoms with Crippen molar-refractivity contribution in [2.45, 2.75) is 20.0 Å². The van der Waals surface area contributed by atoms with Crippen LogP contribution in [0.15, 0.2) is 22.2 Å². The van der Waals surface area contributed by atoms with Crippen molar-refractivity contribution in [3.63, 3.8) is 0 Å². The molecule has 0 bridgehead atoms. The van der Waals surface area contributed by atoms with E-state index in [1.807, 2.05) is 13.8 Å². The molecule has 0 radical (unpaired) electrons. The minimum atomic E-state index is -1.27. The summed E-state index contributed by atoms with van der Waals surface area (Å²) in [7, 11) is 1.49. The van der Waals surface area contributed by atoms with Gasteiger partial charge in [0.2, 0.25) is 0 Å². The predicted molar refractivity (Wildman–Crippen MR) is 77.7 cm³/mol. The van der Waals surface area contributed by atoms with Gasteiger partial charge in [0.15, 0.2) is 11.5 Å². The summed E-state index contributed by atoms with van der Waals surface area (Å²) in [6.07, 6.45) is 1.24. The second-order valence-electron chi connectivity index (χ2n) is 4.18. The molecule has 0 aliphatic rings. The fourth-order valence-electron chi connectivity index (χ4n) is 1.48. The van der Waals surface area contributed by atoms with E-state index in [1.165, 1.54) is 13.2 Å². The van der Waals surface area contributed by atoms with Gasteiger partial charge < -0.3 is 14.6 Å². The number of carbonyl (C=O) groups is 1. The third kappa shape index (κ3) is 4.00. The molecule has 0 saturated carbocycles. The van der Waals surface area contributed by atoms with E-state index in [1.54, 1.807) is 18.2 Å². The number of methoxy groups -OCH3 is 1. The highest BCUT2D eigenvalue weighted by Gasteiger charge is 2.14. The van der Waals surface area contributed by atoms with Gasteiger partial charge in [-0.15, -0.1) is 0 Å². The Morgan fingerprint density at radius 3 is 2.60 bits per heavy atom. The molecule has 6 heteroatoms. The average molecular weight is 340 g/mol. The number of halogens is 1. The SMILES string of the molecule is COc1cc(C=C(C#N)C(=O)O)cc(Br)c1OC(C)C. The van der Waals surface area contributed by atoms with E-state index in [2.05, 4.69) is 15.9 Å². The maximum Gasteiger partial charge on any atom is 0.346 e. The predicted octanol–water partition coefficient (Wildman–Crippen LogP) is 3.24. The van der Waals surface area contributed by atoms with E-state index in [-0.39, 0.29) is 11.7 Å². The van der Waals surface area contributed by atoms with Gasteiger partial charge in [0, 0.05) is 0 Å². The summed E-state index contributed by atoms with van der Waals surface area (Å²) >= 11 is 3.35. The second kappa shape index (κ2) is 6.96. The van der Waals surface area contributed by atoms with Gasteiger partial charge in [-0.2, -0.15) is 5.26 Å². The van der Waals surface area contributed by atoms with Crippen molar-refractivity contribution in [3.8, 4) is 17.6 Å². The molecule has 0 amide bonds. The van der Waals surface area contributed by atoms with E-state index in [0.29, 0.717) is 21.5 Å². The van der Waals surface area contributed by atoms with Crippen LogP contribution < -0.4 is 9.47 Å². The van der Waals surface area contributed by atoms with Gasteiger partial charge in [-0.05, 0) is 53.5 Å². The number of nitrogens with zero attached hydrogens (tertiary/aromatic N) is 1. The normalized spacial score (nSPS) is 11.1. The number of nitriles is 1. The van der Waals surface area contributed by atoms with Crippen LogP contribution in [0.3, 0.4) is 0 Å². The molecule has 1 N–H and O–H groups in total. The standard InChI is InChI=1S/C14H14BrNO4/c1-8(2)20-13-11(15)5-9(6-12(13)19-3)4-10(7-16)14(17)18/h4-6,8H,1-3H3,(H,17,18). The Hall–Kier alpha value is -2.00. The minimum absolute atomic E-state index is 0.0321. The Balaban J connectivity index is 3.30. The van der Waals surface area contributed by atoms with E-state index < -0.39 is 5.97 Å². The van der Waals surface area contributed by atoms with Crippen LogP contribution in [0.25, 0.3) is 6.08 Å². The molecule has 0 unspecified atom stereocenters. The Labute approximate surface area is 125 Å². The number of hydrogen-bond donors (Lipinski definition) is 1. The molecular weight excluding hydrogens is 326 g/mol. The zero-order valence-electron chi connectivity index (χ0n) is 11.3. The topological polar surface area (TPSA) is 79.5 Å². The highest BCUT2D eigenvalue weighted by atomic mass is 79.9. The average Bonchev–Trinajstić information content (AvgIpc) is 2.37. The Morgan fingerprint density at radius 1 is 1.50 bits per heavy atom. The van der Waals surface area contributed by atoms with Gasteiger partial charge >= 0.3 is 5.97 Å².